The van der Waals surface area contributed by atoms with Gasteiger partial charge in [0.2, 0.25) is 0 Å². The molecular weight excluding hydrogens is 376 g/mol. The van der Waals surface area contributed by atoms with Crippen molar-refractivity contribution < 1.29 is 17.8 Å². The lowest BCUT2D eigenvalue weighted by atomic mass is 9.60. The van der Waals surface area contributed by atoms with E-state index < -0.39 is 10.1 Å². The summed E-state index contributed by atoms with van der Waals surface area (Å²) in [4.78, 5) is 12.1. The smallest absolute Gasteiger partial charge is 0.319 e. The summed E-state index contributed by atoms with van der Waals surface area (Å²) in [5.41, 5.74) is 0.576. The van der Waals surface area contributed by atoms with E-state index in [9.17, 15) is 13.2 Å². The topological polar surface area (TPSA) is 95.5 Å². The number of urea groups is 1. The number of carbonyl (C=O) groups is 1. The molecule has 2 unspecified atom stereocenters. The molecule has 0 saturated carbocycles. The highest BCUT2D eigenvalue weighted by atomic mass is 32.2. The summed E-state index contributed by atoms with van der Waals surface area (Å²) in [5, 5.41) is 5.69. The molecule has 28 heavy (non-hydrogen) atoms. The van der Waals surface area contributed by atoms with Crippen molar-refractivity contribution in [2.75, 3.05) is 11.9 Å². The van der Waals surface area contributed by atoms with Crippen molar-refractivity contribution in [2.24, 2.45) is 10.8 Å². The van der Waals surface area contributed by atoms with Gasteiger partial charge < -0.3 is 10.6 Å². The van der Waals surface area contributed by atoms with Gasteiger partial charge in [-0.15, -0.1) is 0 Å². The van der Waals surface area contributed by atoms with Crippen LogP contribution >= 0.6 is 0 Å². The van der Waals surface area contributed by atoms with E-state index >= 15 is 0 Å². The molecule has 0 bridgehead atoms. The van der Waals surface area contributed by atoms with Crippen molar-refractivity contribution in [1.82, 2.24) is 5.32 Å². The quantitative estimate of drug-likeness (QED) is 0.332. The van der Waals surface area contributed by atoms with Crippen molar-refractivity contribution in [1.29, 1.82) is 0 Å². The number of anilines is 1. The predicted molar refractivity (Wildman–Crippen MR) is 114 cm³/mol. The fourth-order valence-corrected chi connectivity index (χ4v) is 4.08. The largest absolute Gasteiger partial charge is 0.337 e. The lowest BCUT2D eigenvalue weighted by molar-refractivity contribution is 0.0488. The van der Waals surface area contributed by atoms with Crippen LogP contribution in [0.15, 0.2) is 29.2 Å². The number of nitrogens with one attached hydrogen (secondary N) is 2. The van der Waals surface area contributed by atoms with Gasteiger partial charge in [0.15, 0.2) is 0 Å². The molecule has 1 rings (SSSR count). The van der Waals surface area contributed by atoms with E-state index in [-0.39, 0.29) is 21.8 Å². The van der Waals surface area contributed by atoms with Gasteiger partial charge in [0, 0.05) is 12.2 Å². The summed E-state index contributed by atoms with van der Waals surface area (Å²) in [7, 11) is -4.24. The Morgan fingerprint density at radius 1 is 1.00 bits per heavy atom. The van der Waals surface area contributed by atoms with Crippen LogP contribution in [0.25, 0.3) is 0 Å². The second kappa shape index (κ2) is 10.3. The van der Waals surface area contributed by atoms with E-state index in [0.717, 1.165) is 19.3 Å². The van der Waals surface area contributed by atoms with Crippen LogP contribution in [0.3, 0.4) is 0 Å². The first-order chi connectivity index (χ1) is 13.0. The Morgan fingerprint density at radius 2 is 1.57 bits per heavy atom. The predicted octanol–water partition coefficient (Wildman–Crippen LogP) is 5.47. The van der Waals surface area contributed by atoms with E-state index in [1.54, 1.807) is 0 Å². The third-order valence-corrected chi connectivity index (χ3v) is 7.27. The molecule has 160 valence electrons. The van der Waals surface area contributed by atoms with Gasteiger partial charge in [-0.1, -0.05) is 60.3 Å². The molecule has 2 amide bonds. The van der Waals surface area contributed by atoms with E-state index in [1.165, 1.54) is 43.5 Å². The molecule has 6 nitrogen and oxygen atoms in total. The summed E-state index contributed by atoms with van der Waals surface area (Å²) in [6, 6.07) is 5.07. The Morgan fingerprint density at radius 3 is 2.04 bits per heavy atom. The molecular formula is C21H36N2O4S. The number of amides is 2. The summed E-state index contributed by atoms with van der Waals surface area (Å²) in [6.07, 6.45) is 6.78. The summed E-state index contributed by atoms with van der Waals surface area (Å²) in [5.74, 6) is 0. The number of rotatable bonds is 11. The molecule has 1 aromatic rings. The van der Waals surface area contributed by atoms with Crippen LogP contribution < -0.4 is 10.6 Å². The number of benzene rings is 1. The molecule has 3 N–H and O–H groups in total. The summed E-state index contributed by atoms with van der Waals surface area (Å²) >= 11 is 0. The number of hydrogen-bond donors (Lipinski definition) is 3. The summed E-state index contributed by atoms with van der Waals surface area (Å²) < 4.78 is 31.2. The minimum absolute atomic E-state index is 0.0261. The fourth-order valence-electron chi connectivity index (χ4n) is 3.60. The van der Waals surface area contributed by atoms with Crippen LogP contribution in [-0.4, -0.2) is 25.5 Å². The van der Waals surface area contributed by atoms with Gasteiger partial charge in [0.1, 0.15) is 0 Å². The van der Waals surface area contributed by atoms with Crippen LogP contribution in [0, 0.1) is 10.8 Å². The lowest BCUT2D eigenvalue weighted by Crippen LogP contribution is -2.47. The standard InChI is InChI=1S/C21H36N2O4S/c1-6-9-10-15-20(4,7-2)21(5,8-3)16-22-19(24)23-17-11-13-18(14-12-17)28(25,26)27/h11-14H,6-10,15-16H2,1-5H3,(H2,22,23,24)(H,25,26,27). The van der Waals surface area contributed by atoms with Crippen molar-refractivity contribution in [3.05, 3.63) is 24.3 Å². The molecule has 0 spiro atoms. The Balaban J connectivity index is 2.74. The van der Waals surface area contributed by atoms with Gasteiger partial charge in [-0.25, -0.2) is 4.79 Å². The van der Waals surface area contributed by atoms with Crippen molar-refractivity contribution in [2.45, 2.75) is 78.0 Å². The first kappa shape index (κ1) is 24.4. The van der Waals surface area contributed by atoms with Crippen molar-refractivity contribution >= 4 is 21.8 Å². The molecule has 2 atom stereocenters. The van der Waals surface area contributed by atoms with Crippen LogP contribution in [0.1, 0.15) is 73.1 Å². The van der Waals surface area contributed by atoms with Gasteiger partial charge in [-0.05, 0) is 47.9 Å². The summed E-state index contributed by atoms with van der Waals surface area (Å²) in [6.45, 7) is 11.7. The van der Waals surface area contributed by atoms with Gasteiger partial charge in [0.05, 0.1) is 4.90 Å². The molecule has 0 aliphatic rings. The third-order valence-electron chi connectivity index (χ3n) is 6.40. The molecule has 0 radical (unpaired) electrons. The molecule has 1 aromatic carbocycles. The number of unbranched alkanes of at least 4 members (excludes halogenated alkanes) is 2. The maximum atomic E-state index is 12.3. The zero-order valence-corrected chi connectivity index (χ0v) is 18.7. The minimum Gasteiger partial charge on any atom is -0.337 e. The van der Waals surface area contributed by atoms with E-state index in [1.807, 2.05) is 0 Å². The van der Waals surface area contributed by atoms with Gasteiger partial charge in [0.25, 0.3) is 10.1 Å². The average molecular weight is 413 g/mol. The maximum Gasteiger partial charge on any atom is 0.319 e. The highest BCUT2D eigenvalue weighted by Crippen LogP contribution is 2.47. The number of carbonyl (C=O) groups excluding carboxylic acids is 1. The number of hydrogen-bond acceptors (Lipinski definition) is 3. The SMILES string of the molecule is CCCCCC(C)(CC)C(C)(CC)CNC(=O)Nc1ccc(S(=O)(=O)O)cc1. The lowest BCUT2D eigenvalue weighted by Gasteiger charge is -2.46. The first-order valence-electron chi connectivity index (χ1n) is 10.1. The average Bonchev–Trinajstić information content (AvgIpc) is 2.65. The Hall–Kier alpha value is -1.60. The highest BCUT2D eigenvalue weighted by molar-refractivity contribution is 7.85. The molecule has 0 heterocycles. The minimum atomic E-state index is -4.24. The normalized spacial score (nSPS) is 16.1. The molecule has 7 heteroatoms. The molecule has 0 saturated heterocycles. The van der Waals surface area contributed by atoms with Crippen molar-refractivity contribution in [3.8, 4) is 0 Å². The third kappa shape index (κ3) is 6.48. The molecule has 0 aromatic heterocycles. The van der Waals surface area contributed by atoms with Gasteiger partial charge in [-0.3, -0.25) is 4.55 Å². The second-order valence-corrected chi connectivity index (χ2v) is 9.51. The van der Waals surface area contributed by atoms with Crippen LogP contribution in [0.2, 0.25) is 0 Å². The Labute approximate surface area is 170 Å². The zero-order chi connectivity index (χ0) is 21.4. The van der Waals surface area contributed by atoms with Crippen LogP contribution in [-0.2, 0) is 10.1 Å². The van der Waals surface area contributed by atoms with E-state index in [2.05, 4.69) is 45.3 Å². The van der Waals surface area contributed by atoms with E-state index in [4.69, 9.17) is 4.55 Å². The van der Waals surface area contributed by atoms with Gasteiger partial charge >= 0.3 is 6.03 Å². The molecule has 0 fully saturated rings. The van der Waals surface area contributed by atoms with Crippen LogP contribution in [0.5, 0.6) is 0 Å². The molecule has 0 aliphatic carbocycles. The molecule has 0 aliphatic heterocycles. The Kier molecular flexibility index (Phi) is 8.95. The zero-order valence-electron chi connectivity index (χ0n) is 17.8. The van der Waals surface area contributed by atoms with Crippen LogP contribution in [0.4, 0.5) is 10.5 Å². The maximum absolute atomic E-state index is 12.3. The first-order valence-corrected chi connectivity index (χ1v) is 11.6. The second-order valence-electron chi connectivity index (χ2n) is 8.09. The van der Waals surface area contributed by atoms with E-state index in [0.29, 0.717) is 12.2 Å². The van der Waals surface area contributed by atoms with Gasteiger partial charge in [-0.2, -0.15) is 8.42 Å². The highest BCUT2D eigenvalue weighted by Gasteiger charge is 2.41. The monoisotopic (exact) mass is 412 g/mol. The Bertz CT molecular complexity index is 733. The van der Waals surface area contributed by atoms with Crippen molar-refractivity contribution in [3.63, 3.8) is 0 Å². The fraction of sp³-hybridized carbons (Fsp3) is 0.667.